The van der Waals surface area contributed by atoms with Crippen molar-refractivity contribution in [3.63, 3.8) is 0 Å². The number of nitrogens with zero attached hydrogens (tertiary/aromatic N) is 1. The summed E-state index contributed by atoms with van der Waals surface area (Å²) in [5, 5.41) is 7.18. The highest BCUT2D eigenvalue weighted by Gasteiger charge is 2.19. The summed E-state index contributed by atoms with van der Waals surface area (Å²) in [7, 11) is 0. The van der Waals surface area contributed by atoms with E-state index in [1.807, 2.05) is 6.07 Å². The first kappa shape index (κ1) is 30.0. The third kappa shape index (κ3) is 5.04. The minimum absolute atomic E-state index is 0.905. The van der Waals surface area contributed by atoms with Gasteiger partial charge in [-0.25, -0.2) is 0 Å². The Balaban J connectivity index is 1.09. The van der Waals surface area contributed by atoms with E-state index in [1.165, 1.54) is 43.8 Å². The highest BCUT2D eigenvalue weighted by Crippen LogP contribution is 2.44. The molecule has 0 saturated heterocycles. The van der Waals surface area contributed by atoms with E-state index in [2.05, 4.69) is 199 Å². The predicted molar refractivity (Wildman–Crippen MR) is 220 cm³/mol. The second-order valence-electron chi connectivity index (χ2n) is 13.3. The van der Waals surface area contributed by atoms with E-state index in [9.17, 15) is 0 Å². The van der Waals surface area contributed by atoms with Crippen molar-refractivity contribution >= 4 is 60.5 Å². The molecule has 0 aliphatic carbocycles. The summed E-state index contributed by atoms with van der Waals surface area (Å²) in [6.45, 7) is 0. The lowest BCUT2D eigenvalue weighted by atomic mass is 9.89. The predicted octanol–water partition coefficient (Wildman–Crippen LogP) is 14.4. The summed E-state index contributed by atoms with van der Waals surface area (Å²) in [5.41, 5.74) is 12.2. The van der Waals surface area contributed by atoms with Crippen LogP contribution in [0.5, 0.6) is 0 Å². The van der Waals surface area contributed by atoms with Crippen LogP contribution in [0.2, 0.25) is 0 Å². The average molecular weight is 664 g/mol. The number of benzene rings is 9. The Morgan fingerprint density at radius 2 is 0.827 bits per heavy atom. The highest BCUT2D eigenvalue weighted by atomic mass is 16.3. The fourth-order valence-electron chi connectivity index (χ4n) is 7.83. The molecule has 10 rings (SSSR count). The third-order valence-corrected chi connectivity index (χ3v) is 10.3. The molecule has 1 aromatic heterocycles. The zero-order valence-corrected chi connectivity index (χ0v) is 28.4. The molecular formula is C50H33NO. The van der Waals surface area contributed by atoms with Gasteiger partial charge in [-0.1, -0.05) is 158 Å². The third-order valence-electron chi connectivity index (χ3n) is 10.3. The molecular weight excluding hydrogens is 631 g/mol. The molecule has 0 aliphatic heterocycles. The summed E-state index contributed by atoms with van der Waals surface area (Å²) < 4.78 is 6.58. The molecule has 0 fully saturated rings. The van der Waals surface area contributed by atoms with Crippen LogP contribution >= 0.6 is 0 Å². The van der Waals surface area contributed by atoms with Gasteiger partial charge in [0.25, 0.3) is 0 Å². The van der Waals surface area contributed by atoms with Crippen LogP contribution in [0.1, 0.15) is 0 Å². The van der Waals surface area contributed by atoms with E-state index in [4.69, 9.17) is 4.42 Å². The molecule has 9 aromatic carbocycles. The first-order valence-electron chi connectivity index (χ1n) is 17.8. The highest BCUT2D eigenvalue weighted by molar-refractivity contribution is 6.14. The lowest BCUT2D eigenvalue weighted by molar-refractivity contribution is 0.670. The molecule has 0 spiro atoms. The van der Waals surface area contributed by atoms with Crippen LogP contribution in [-0.4, -0.2) is 0 Å². The van der Waals surface area contributed by atoms with Gasteiger partial charge in [0.2, 0.25) is 0 Å². The van der Waals surface area contributed by atoms with Crippen LogP contribution in [0, 0.1) is 0 Å². The minimum Gasteiger partial charge on any atom is -0.455 e. The summed E-state index contributed by atoms with van der Waals surface area (Å²) in [6, 6.07) is 71.6. The molecule has 2 heteroatoms. The van der Waals surface area contributed by atoms with Crippen LogP contribution in [0.3, 0.4) is 0 Å². The van der Waals surface area contributed by atoms with Gasteiger partial charge in [-0.05, 0) is 86.3 Å². The van der Waals surface area contributed by atoms with Gasteiger partial charge < -0.3 is 9.32 Å². The number of para-hydroxylation sites is 3. The van der Waals surface area contributed by atoms with Gasteiger partial charge in [0, 0.05) is 39.0 Å². The summed E-state index contributed by atoms with van der Waals surface area (Å²) >= 11 is 0. The molecule has 0 bridgehead atoms. The van der Waals surface area contributed by atoms with Crippen molar-refractivity contribution < 1.29 is 4.42 Å². The van der Waals surface area contributed by atoms with Crippen LogP contribution in [0.25, 0.3) is 76.9 Å². The maximum Gasteiger partial charge on any atom is 0.143 e. The van der Waals surface area contributed by atoms with Gasteiger partial charge in [-0.2, -0.15) is 0 Å². The van der Waals surface area contributed by atoms with Gasteiger partial charge in [-0.3, -0.25) is 0 Å². The zero-order valence-electron chi connectivity index (χ0n) is 28.4. The fraction of sp³-hybridized carbons (Fsp3) is 0. The molecule has 0 amide bonds. The van der Waals surface area contributed by atoms with Gasteiger partial charge in [0.15, 0.2) is 0 Å². The molecule has 0 atom stereocenters. The maximum absolute atomic E-state index is 6.58. The number of anilines is 3. The molecule has 0 unspecified atom stereocenters. The van der Waals surface area contributed by atoms with Crippen molar-refractivity contribution in [3.05, 3.63) is 200 Å². The summed E-state index contributed by atoms with van der Waals surface area (Å²) in [6.07, 6.45) is 0. The number of rotatable bonds is 6. The van der Waals surface area contributed by atoms with E-state index in [0.29, 0.717) is 0 Å². The smallest absolute Gasteiger partial charge is 0.143 e. The lowest BCUT2D eigenvalue weighted by Gasteiger charge is -2.26. The monoisotopic (exact) mass is 663 g/mol. The number of fused-ring (bicyclic) bond motifs is 5. The van der Waals surface area contributed by atoms with Crippen LogP contribution < -0.4 is 4.90 Å². The Bertz CT molecular complexity index is 2880. The van der Waals surface area contributed by atoms with Gasteiger partial charge in [0.05, 0.1) is 0 Å². The van der Waals surface area contributed by atoms with E-state index in [1.54, 1.807) is 0 Å². The quantitative estimate of drug-likeness (QED) is 0.176. The normalized spacial score (nSPS) is 11.5. The largest absolute Gasteiger partial charge is 0.455 e. The Labute approximate surface area is 302 Å². The SMILES string of the molecule is c1ccc(N(c2ccc(-c3ccc4ccccc4c3-c3cccc4c3oc3ccccc34)cc2)c2ccc(-c3cccc4ccccc34)cc2)cc1. The fourth-order valence-corrected chi connectivity index (χ4v) is 7.83. The van der Waals surface area contributed by atoms with Crippen molar-refractivity contribution in [2.75, 3.05) is 4.90 Å². The van der Waals surface area contributed by atoms with Crippen molar-refractivity contribution in [2.24, 2.45) is 0 Å². The molecule has 52 heavy (non-hydrogen) atoms. The Hall–Kier alpha value is -6.90. The topological polar surface area (TPSA) is 16.4 Å². The number of furan rings is 1. The first-order chi connectivity index (χ1) is 25.8. The van der Waals surface area contributed by atoms with Gasteiger partial charge in [0.1, 0.15) is 11.2 Å². The molecule has 244 valence electrons. The molecule has 2 nitrogen and oxygen atoms in total. The van der Waals surface area contributed by atoms with Gasteiger partial charge in [-0.15, -0.1) is 0 Å². The lowest BCUT2D eigenvalue weighted by Crippen LogP contribution is -2.09. The standard InChI is InChI=1S/C50H33NO/c1-2-15-38(16-3-1)51(39-29-24-36(25-30-39)42-20-10-14-34-12-4-6-17-41(34)42)40-31-26-37(27-32-40)44-33-28-35-13-5-7-18-43(35)49(44)47-22-11-21-46-45-19-8-9-23-48(45)52-50(46)47/h1-33H. The Morgan fingerprint density at radius 3 is 1.58 bits per heavy atom. The van der Waals surface area contributed by atoms with E-state index in [-0.39, 0.29) is 0 Å². The van der Waals surface area contributed by atoms with E-state index >= 15 is 0 Å². The molecule has 10 aromatic rings. The van der Waals surface area contributed by atoms with Gasteiger partial charge >= 0.3 is 0 Å². The molecule has 0 saturated carbocycles. The van der Waals surface area contributed by atoms with Crippen molar-refractivity contribution in [1.82, 2.24) is 0 Å². The first-order valence-corrected chi connectivity index (χ1v) is 17.8. The minimum atomic E-state index is 0.905. The van der Waals surface area contributed by atoms with Crippen LogP contribution in [0.4, 0.5) is 17.1 Å². The average Bonchev–Trinajstić information content (AvgIpc) is 3.61. The van der Waals surface area contributed by atoms with Crippen LogP contribution in [0.15, 0.2) is 205 Å². The second kappa shape index (κ2) is 12.5. The molecule has 0 N–H and O–H groups in total. The summed E-state index contributed by atoms with van der Waals surface area (Å²) in [4.78, 5) is 2.33. The Kier molecular flexibility index (Phi) is 7.18. The number of hydrogen-bond donors (Lipinski definition) is 0. The number of hydrogen-bond acceptors (Lipinski definition) is 2. The zero-order chi connectivity index (χ0) is 34.4. The van der Waals surface area contributed by atoms with Crippen molar-refractivity contribution in [2.45, 2.75) is 0 Å². The van der Waals surface area contributed by atoms with E-state index < -0.39 is 0 Å². The summed E-state index contributed by atoms with van der Waals surface area (Å²) in [5.74, 6) is 0. The maximum atomic E-state index is 6.58. The molecule has 0 radical (unpaired) electrons. The Morgan fingerprint density at radius 1 is 0.308 bits per heavy atom. The molecule has 0 aliphatic rings. The molecule has 1 heterocycles. The van der Waals surface area contributed by atoms with Crippen molar-refractivity contribution in [1.29, 1.82) is 0 Å². The second-order valence-corrected chi connectivity index (χ2v) is 13.3. The van der Waals surface area contributed by atoms with E-state index in [0.717, 1.165) is 50.1 Å². The van der Waals surface area contributed by atoms with Crippen molar-refractivity contribution in [3.8, 4) is 33.4 Å². The van der Waals surface area contributed by atoms with Crippen LogP contribution in [-0.2, 0) is 0 Å².